The second-order valence-electron chi connectivity index (χ2n) is 6.78. The van der Waals surface area contributed by atoms with Gasteiger partial charge in [-0.25, -0.2) is 0 Å². The topological polar surface area (TPSA) is 49.9 Å². The average Bonchev–Trinajstić information content (AvgIpc) is 2.62. The minimum Gasteiger partial charge on any atom is -0.484 e. The Bertz CT molecular complexity index is 603. The van der Waals surface area contributed by atoms with E-state index in [1.54, 1.807) is 4.90 Å². The van der Waals surface area contributed by atoms with Crippen molar-refractivity contribution in [2.45, 2.75) is 40.5 Å². The zero-order valence-electron chi connectivity index (χ0n) is 15.9. The molecule has 0 N–H and O–H groups in total. The van der Waals surface area contributed by atoms with E-state index >= 15 is 0 Å². The van der Waals surface area contributed by atoms with Crippen LogP contribution in [-0.4, -0.2) is 54.4 Å². The molecule has 0 aromatic heterocycles. The third-order valence-corrected chi connectivity index (χ3v) is 4.96. The van der Waals surface area contributed by atoms with Crippen LogP contribution in [0.15, 0.2) is 18.2 Å². The highest BCUT2D eigenvalue weighted by atomic mass is 16.5. The largest absolute Gasteiger partial charge is 0.484 e. The van der Waals surface area contributed by atoms with E-state index in [1.807, 2.05) is 36.9 Å². The quantitative estimate of drug-likeness (QED) is 0.796. The summed E-state index contributed by atoms with van der Waals surface area (Å²) in [6, 6.07) is 5.93. The Hall–Kier alpha value is -2.04. The number of carbonyl (C=O) groups is 2. The van der Waals surface area contributed by atoms with Gasteiger partial charge in [0.05, 0.1) is 0 Å². The van der Waals surface area contributed by atoms with E-state index in [0.29, 0.717) is 26.2 Å². The van der Waals surface area contributed by atoms with Crippen molar-refractivity contribution in [2.24, 2.45) is 5.92 Å². The molecule has 0 spiro atoms. The zero-order valence-corrected chi connectivity index (χ0v) is 15.9. The number of carbonyl (C=O) groups excluding carboxylic acids is 2. The van der Waals surface area contributed by atoms with Gasteiger partial charge < -0.3 is 14.5 Å². The summed E-state index contributed by atoms with van der Waals surface area (Å²) >= 11 is 0. The number of amides is 2. The molecule has 5 heteroatoms. The molecule has 2 rings (SSSR count). The van der Waals surface area contributed by atoms with Crippen molar-refractivity contribution >= 4 is 11.8 Å². The van der Waals surface area contributed by atoms with Crippen LogP contribution in [0.2, 0.25) is 0 Å². The third-order valence-electron chi connectivity index (χ3n) is 4.96. The SMILES string of the molecule is CCC(CC)C(=O)N1CCN(C(=O)COc2ccc(C)cc2C)CC1. The summed E-state index contributed by atoms with van der Waals surface area (Å²) in [5, 5.41) is 0. The highest BCUT2D eigenvalue weighted by Crippen LogP contribution is 2.19. The van der Waals surface area contributed by atoms with Gasteiger partial charge in [0, 0.05) is 32.1 Å². The molecule has 0 bridgehead atoms. The minimum atomic E-state index is -0.0189. The van der Waals surface area contributed by atoms with E-state index in [2.05, 4.69) is 13.8 Å². The Morgan fingerprint density at radius 1 is 1.04 bits per heavy atom. The van der Waals surface area contributed by atoms with Crippen molar-refractivity contribution in [1.82, 2.24) is 9.80 Å². The number of nitrogens with zero attached hydrogens (tertiary/aromatic N) is 2. The fraction of sp³-hybridized carbons (Fsp3) is 0.600. The second kappa shape index (κ2) is 8.88. The lowest BCUT2D eigenvalue weighted by Crippen LogP contribution is -2.52. The van der Waals surface area contributed by atoms with Crippen LogP contribution < -0.4 is 4.74 Å². The molecule has 0 aliphatic carbocycles. The van der Waals surface area contributed by atoms with Crippen LogP contribution >= 0.6 is 0 Å². The average molecular weight is 346 g/mol. The molecule has 0 saturated carbocycles. The van der Waals surface area contributed by atoms with Gasteiger partial charge in [0.1, 0.15) is 5.75 Å². The monoisotopic (exact) mass is 346 g/mol. The van der Waals surface area contributed by atoms with Gasteiger partial charge in [-0.1, -0.05) is 31.5 Å². The van der Waals surface area contributed by atoms with Gasteiger partial charge >= 0.3 is 0 Å². The Morgan fingerprint density at radius 3 is 2.20 bits per heavy atom. The summed E-state index contributed by atoms with van der Waals surface area (Å²) in [6.45, 7) is 10.6. The maximum Gasteiger partial charge on any atom is 0.260 e. The summed E-state index contributed by atoms with van der Waals surface area (Å²) in [6.07, 6.45) is 1.75. The van der Waals surface area contributed by atoms with Gasteiger partial charge in [0.15, 0.2) is 6.61 Å². The third kappa shape index (κ3) is 4.97. The molecule has 0 radical (unpaired) electrons. The first-order valence-corrected chi connectivity index (χ1v) is 9.22. The molecule has 1 aliphatic heterocycles. The predicted molar refractivity (Wildman–Crippen MR) is 98.6 cm³/mol. The highest BCUT2D eigenvalue weighted by molar-refractivity contribution is 5.80. The van der Waals surface area contributed by atoms with Gasteiger partial charge in [-0.3, -0.25) is 9.59 Å². The summed E-state index contributed by atoms with van der Waals surface area (Å²) in [5.41, 5.74) is 2.21. The maximum atomic E-state index is 12.4. The van der Waals surface area contributed by atoms with Crippen LogP contribution in [0.5, 0.6) is 5.75 Å². The van der Waals surface area contributed by atoms with E-state index in [4.69, 9.17) is 4.74 Å². The minimum absolute atomic E-state index is 0.0189. The lowest BCUT2D eigenvalue weighted by Gasteiger charge is -2.36. The number of ether oxygens (including phenoxy) is 1. The van der Waals surface area contributed by atoms with Crippen molar-refractivity contribution in [2.75, 3.05) is 32.8 Å². The molecule has 1 aliphatic rings. The van der Waals surface area contributed by atoms with Crippen molar-refractivity contribution < 1.29 is 14.3 Å². The number of rotatable bonds is 6. The standard InChI is InChI=1S/C20H30N2O3/c1-5-17(6-2)20(24)22-11-9-21(10-12-22)19(23)14-25-18-8-7-15(3)13-16(18)4/h7-8,13,17H,5-6,9-12,14H2,1-4H3. The number of hydrogen-bond acceptors (Lipinski definition) is 3. The van der Waals surface area contributed by atoms with E-state index < -0.39 is 0 Å². The predicted octanol–water partition coefficient (Wildman–Crippen LogP) is 2.79. The van der Waals surface area contributed by atoms with Crippen LogP contribution in [0.25, 0.3) is 0 Å². The molecule has 138 valence electrons. The summed E-state index contributed by atoms with van der Waals surface area (Å²) in [7, 11) is 0. The van der Waals surface area contributed by atoms with Gasteiger partial charge in [0.2, 0.25) is 5.91 Å². The molecule has 25 heavy (non-hydrogen) atoms. The normalized spacial score (nSPS) is 14.8. The second-order valence-corrected chi connectivity index (χ2v) is 6.78. The number of benzene rings is 1. The maximum absolute atomic E-state index is 12.4. The molecule has 2 amide bonds. The molecule has 1 aromatic rings. The molecule has 1 fully saturated rings. The van der Waals surface area contributed by atoms with Gasteiger partial charge in [-0.05, 0) is 38.3 Å². The van der Waals surface area contributed by atoms with E-state index in [0.717, 1.165) is 24.2 Å². The fourth-order valence-corrected chi connectivity index (χ4v) is 3.26. The van der Waals surface area contributed by atoms with Crippen molar-refractivity contribution in [3.8, 4) is 5.75 Å². The molecule has 1 saturated heterocycles. The Labute approximate surface area is 150 Å². The lowest BCUT2D eigenvalue weighted by molar-refractivity contribution is -0.143. The zero-order chi connectivity index (χ0) is 18.4. The Balaban J connectivity index is 1.82. The molecule has 5 nitrogen and oxygen atoms in total. The summed E-state index contributed by atoms with van der Waals surface area (Å²) in [4.78, 5) is 28.5. The van der Waals surface area contributed by atoms with Crippen LogP contribution in [0.1, 0.15) is 37.8 Å². The van der Waals surface area contributed by atoms with Crippen molar-refractivity contribution in [1.29, 1.82) is 0 Å². The molecular formula is C20H30N2O3. The van der Waals surface area contributed by atoms with Crippen LogP contribution in [0.3, 0.4) is 0 Å². The van der Waals surface area contributed by atoms with Crippen molar-refractivity contribution in [3.63, 3.8) is 0 Å². The molecular weight excluding hydrogens is 316 g/mol. The van der Waals surface area contributed by atoms with E-state index in [1.165, 1.54) is 5.56 Å². The molecule has 1 aromatic carbocycles. The van der Waals surface area contributed by atoms with Crippen LogP contribution in [0, 0.1) is 19.8 Å². The number of piperazine rings is 1. The lowest BCUT2D eigenvalue weighted by atomic mass is 10.0. The highest BCUT2D eigenvalue weighted by Gasteiger charge is 2.27. The van der Waals surface area contributed by atoms with Gasteiger partial charge in [-0.2, -0.15) is 0 Å². The Morgan fingerprint density at radius 2 is 1.64 bits per heavy atom. The Kier molecular flexibility index (Phi) is 6.85. The van der Waals surface area contributed by atoms with Crippen LogP contribution in [-0.2, 0) is 9.59 Å². The molecule has 0 unspecified atom stereocenters. The summed E-state index contributed by atoms with van der Waals surface area (Å²) < 4.78 is 5.68. The molecule has 0 atom stereocenters. The fourth-order valence-electron chi connectivity index (χ4n) is 3.26. The van der Waals surface area contributed by atoms with Crippen molar-refractivity contribution in [3.05, 3.63) is 29.3 Å². The smallest absolute Gasteiger partial charge is 0.260 e. The van der Waals surface area contributed by atoms with Crippen LogP contribution in [0.4, 0.5) is 0 Å². The summed E-state index contributed by atoms with van der Waals surface area (Å²) in [5.74, 6) is 1.06. The molecule has 1 heterocycles. The van der Waals surface area contributed by atoms with Gasteiger partial charge in [0.25, 0.3) is 5.91 Å². The first-order valence-electron chi connectivity index (χ1n) is 9.22. The number of hydrogen-bond donors (Lipinski definition) is 0. The first-order chi connectivity index (χ1) is 12.0. The van der Waals surface area contributed by atoms with E-state index in [9.17, 15) is 9.59 Å². The number of aryl methyl sites for hydroxylation is 2. The first kappa shape index (κ1) is 19.3. The van der Waals surface area contributed by atoms with Gasteiger partial charge in [-0.15, -0.1) is 0 Å². The van der Waals surface area contributed by atoms with E-state index in [-0.39, 0.29) is 24.3 Å².